The van der Waals surface area contributed by atoms with Crippen molar-refractivity contribution in [3.05, 3.63) is 0 Å². The van der Waals surface area contributed by atoms with E-state index in [1.165, 1.54) is 0 Å². The zero-order chi connectivity index (χ0) is 34.7. The minimum atomic E-state index is -2.84. The van der Waals surface area contributed by atoms with Gasteiger partial charge in [0.05, 0.1) is 32.0 Å². The van der Waals surface area contributed by atoms with E-state index in [9.17, 15) is 70.6 Å². The van der Waals surface area contributed by atoms with E-state index in [1.807, 2.05) is 0 Å². The third-order valence-corrected chi connectivity index (χ3v) is 7.87. The molecule has 16 atom stereocenters. The minimum absolute atomic E-state index is 0.677. The van der Waals surface area contributed by atoms with Crippen molar-refractivity contribution in [1.82, 2.24) is 10.6 Å². The Morgan fingerprint density at radius 1 is 0.870 bits per heavy atom. The lowest BCUT2D eigenvalue weighted by Gasteiger charge is -2.48. The molecule has 0 bridgehead atoms. The molecule has 0 aromatic heterocycles. The molecule has 3 aliphatic rings. The van der Waals surface area contributed by atoms with Crippen molar-refractivity contribution in [2.75, 3.05) is 19.8 Å². The number of aliphatic hydroxyl groups is 10. The molecule has 3 rings (SSSR count). The first-order valence-electron chi connectivity index (χ1n) is 14.2. The second-order valence-electron chi connectivity index (χ2n) is 11.3. The molecule has 3 heterocycles. The molecule has 46 heavy (non-hydrogen) atoms. The highest BCUT2D eigenvalue weighted by Gasteiger charge is 2.57. The first kappa shape index (κ1) is 38.3. The molecule has 266 valence electrons. The molecular weight excluding hydrogens is 632 g/mol. The molecule has 0 spiro atoms. The second kappa shape index (κ2) is 15.8. The summed E-state index contributed by atoms with van der Waals surface area (Å²) in [5.41, 5.74) is 0. The molecule has 2 amide bonds. The first-order valence-corrected chi connectivity index (χ1v) is 14.2. The number of carboxylic acids is 1. The zero-order valence-corrected chi connectivity index (χ0v) is 24.7. The number of aliphatic hydroxyl groups excluding tert-OH is 10. The van der Waals surface area contributed by atoms with Gasteiger partial charge in [-0.25, -0.2) is 4.79 Å². The van der Waals surface area contributed by atoms with Gasteiger partial charge in [-0.3, -0.25) is 9.59 Å². The lowest BCUT2D eigenvalue weighted by molar-refractivity contribution is -0.358. The number of rotatable bonds is 12. The highest BCUT2D eigenvalue weighted by Crippen LogP contribution is 2.35. The summed E-state index contributed by atoms with van der Waals surface area (Å²) in [5, 5.41) is 117. The van der Waals surface area contributed by atoms with Crippen LogP contribution >= 0.6 is 0 Å². The largest absolute Gasteiger partial charge is 0.477 e. The minimum Gasteiger partial charge on any atom is -0.477 e. The molecule has 1 unspecified atom stereocenters. The first-order chi connectivity index (χ1) is 21.5. The smallest absolute Gasteiger partial charge is 0.364 e. The predicted molar refractivity (Wildman–Crippen MR) is 142 cm³/mol. The van der Waals surface area contributed by atoms with Gasteiger partial charge in [-0.05, 0) is 0 Å². The SMILES string of the molecule is CC(=O)N[C@H]1[C@H]([C@H](O)[C@H](O)CO)O[C@@](OC[C@H]2O[C@H](O[C@H]3[C@H](O)[C@@H](NC(C)=O)C(O)O[C@@H]3CO)[C@H](O)[C@@H](O)[C@H]2O)(C(=O)O)C[C@@H]1O. The Morgan fingerprint density at radius 3 is 2.02 bits per heavy atom. The summed E-state index contributed by atoms with van der Waals surface area (Å²) < 4.78 is 27.2. The van der Waals surface area contributed by atoms with E-state index in [2.05, 4.69) is 10.6 Å². The van der Waals surface area contributed by atoms with Crippen molar-refractivity contribution in [3.8, 4) is 0 Å². The Hall–Kier alpha value is -2.19. The van der Waals surface area contributed by atoms with Crippen LogP contribution in [0.25, 0.3) is 0 Å². The van der Waals surface area contributed by atoms with E-state index in [0.29, 0.717) is 0 Å². The number of ether oxygens (including phenoxy) is 5. The summed E-state index contributed by atoms with van der Waals surface area (Å²) in [7, 11) is 0. The maximum absolute atomic E-state index is 12.4. The van der Waals surface area contributed by atoms with Crippen LogP contribution in [0.5, 0.6) is 0 Å². The summed E-state index contributed by atoms with van der Waals surface area (Å²) >= 11 is 0. The van der Waals surface area contributed by atoms with E-state index in [4.69, 9.17) is 23.7 Å². The average molecular weight is 675 g/mol. The Morgan fingerprint density at radius 2 is 1.48 bits per heavy atom. The molecule has 0 saturated carbocycles. The van der Waals surface area contributed by atoms with Crippen molar-refractivity contribution in [3.63, 3.8) is 0 Å². The molecule has 3 fully saturated rings. The van der Waals surface area contributed by atoms with E-state index in [0.717, 1.165) is 13.8 Å². The molecular formula is C25H42N2O19. The summed E-state index contributed by atoms with van der Waals surface area (Å²) in [6.45, 7) is -0.695. The number of amides is 2. The van der Waals surface area contributed by atoms with Crippen molar-refractivity contribution in [1.29, 1.82) is 0 Å². The lowest BCUT2D eigenvalue weighted by Crippen LogP contribution is -2.69. The van der Waals surface area contributed by atoms with Gasteiger partial charge in [-0.1, -0.05) is 0 Å². The maximum Gasteiger partial charge on any atom is 0.364 e. The van der Waals surface area contributed by atoms with E-state index >= 15 is 0 Å². The maximum atomic E-state index is 12.4. The molecule has 0 aromatic carbocycles. The van der Waals surface area contributed by atoms with Gasteiger partial charge in [-0.15, -0.1) is 0 Å². The van der Waals surface area contributed by atoms with E-state index < -0.39 is 142 Å². The molecule has 21 nitrogen and oxygen atoms in total. The van der Waals surface area contributed by atoms with Gasteiger partial charge in [0.15, 0.2) is 12.6 Å². The number of carbonyl (C=O) groups is 3. The van der Waals surface area contributed by atoms with Crippen molar-refractivity contribution in [2.45, 2.75) is 118 Å². The number of nitrogens with one attached hydrogen (secondary N) is 2. The van der Waals surface area contributed by atoms with Crippen LogP contribution < -0.4 is 10.6 Å². The monoisotopic (exact) mass is 674 g/mol. The Labute approximate surface area is 260 Å². The number of aliphatic carboxylic acids is 1. The van der Waals surface area contributed by atoms with Crippen LogP contribution in [-0.4, -0.2) is 191 Å². The molecule has 0 aliphatic carbocycles. The number of hydrogen-bond donors (Lipinski definition) is 13. The standard InChI is InChI=1S/C25H42N2O19/c1-7(30)26-13-9(32)3-25(24(40)41,46-21(13)15(34)10(33)4-28)42-6-12-16(35)18(37)19(38)23(44-12)45-20-11(5-29)43-22(39)14(17(20)36)27-8(2)31/h9-23,28-29,32-39H,3-6H2,1-2H3,(H,26,30)(H,27,31)(H,40,41)/t9-,10+,11+,12+,13+,14+,15+,16-,17+,18-,19+,20+,21+,22?,23+,25+/m0/s1. The summed E-state index contributed by atoms with van der Waals surface area (Å²) in [4.78, 5) is 35.7. The summed E-state index contributed by atoms with van der Waals surface area (Å²) in [6.07, 6.45) is -24.9. The van der Waals surface area contributed by atoms with Crippen LogP contribution in [0.1, 0.15) is 20.3 Å². The molecule has 0 aromatic rings. The fourth-order valence-corrected chi connectivity index (χ4v) is 5.46. The fourth-order valence-electron chi connectivity index (χ4n) is 5.46. The van der Waals surface area contributed by atoms with Gasteiger partial charge >= 0.3 is 5.97 Å². The Balaban J connectivity index is 1.83. The number of carbonyl (C=O) groups excluding carboxylic acids is 2. The quantitative estimate of drug-likeness (QED) is 0.0913. The van der Waals surface area contributed by atoms with E-state index in [1.54, 1.807) is 0 Å². The summed E-state index contributed by atoms with van der Waals surface area (Å²) in [6, 6.07) is -2.96. The van der Waals surface area contributed by atoms with Crippen LogP contribution in [0, 0.1) is 0 Å². The zero-order valence-electron chi connectivity index (χ0n) is 24.7. The second-order valence-corrected chi connectivity index (χ2v) is 11.3. The molecule has 3 saturated heterocycles. The number of carboxylic acid groups (broad SMARTS) is 1. The predicted octanol–water partition coefficient (Wildman–Crippen LogP) is -8.08. The third kappa shape index (κ3) is 8.26. The molecule has 3 aliphatic heterocycles. The lowest BCUT2D eigenvalue weighted by atomic mass is 9.88. The topological polar surface area (TPSA) is 344 Å². The van der Waals surface area contributed by atoms with Crippen molar-refractivity contribution >= 4 is 17.8 Å². The van der Waals surface area contributed by atoms with Crippen molar-refractivity contribution < 1.29 is 94.2 Å². The fraction of sp³-hybridized carbons (Fsp3) is 0.880. The summed E-state index contributed by atoms with van der Waals surface area (Å²) in [5.74, 6) is -6.12. The van der Waals surface area contributed by atoms with Crippen LogP contribution in [-0.2, 0) is 38.1 Å². The van der Waals surface area contributed by atoms with Gasteiger partial charge < -0.3 is 90.5 Å². The van der Waals surface area contributed by atoms with Crippen LogP contribution in [0.2, 0.25) is 0 Å². The Bertz CT molecular complexity index is 1050. The Kier molecular flexibility index (Phi) is 13.1. The van der Waals surface area contributed by atoms with Gasteiger partial charge in [0, 0.05) is 20.3 Å². The third-order valence-electron chi connectivity index (χ3n) is 7.87. The molecule has 13 N–H and O–H groups in total. The van der Waals surface area contributed by atoms with Crippen molar-refractivity contribution in [2.24, 2.45) is 0 Å². The normalized spacial score (nSPS) is 42.9. The van der Waals surface area contributed by atoms with Crippen LogP contribution in [0.15, 0.2) is 0 Å². The molecule has 0 radical (unpaired) electrons. The highest BCUT2D eigenvalue weighted by molar-refractivity contribution is 5.76. The van der Waals surface area contributed by atoms with Gasteiger partial charge in [0.2, 0.25) is 11.8 Å². The number of hydrogen-bond acceptors (Lipinski definition) is 18. The molecule has 21 heteroatoms. The van der Waals surface area contributed by atoms with Crippen LogP contribution in [0.3, 0.4) is 0 Å². The van der Waals surface area contributed by atoms with E-state index in [-0.39, 0.29) is 0 Å². The average Bonchev–Trinajstić information content (AvgIpc) is 2.99. The van der Waals surface area contributed by atoms with Gasteiger partial charge in [0.1, 0.15) is 67.1 Å². The van der Waals surface area contributed by atoms with Crippen LogP contribution in [0.4, 0.5) is 0 Å². The highest BCUT2D eigenvalue weighted by atomic mass is 16.8. The van der Waals surface area contributed by atoms with Gasteiger partial charge in [0.25, 0.3) is 5.79 Å². The van der Waals surface area contributed by atoms with Gasteiger partial charge in [-0.2, -0.15) is 0 Å².